The van der Waals surface area contributed by atoms with Crippen molar-refractivity contribution in [3.63, 3.8) is 0 Å². The second kappa shape index (κ2) is 12.7. The molecule has 0 spiro atoms. The van der Waals surface area contributed by atoms with Crippen molar-refractivity contribution in [3.05, 3.63) is 52.5 Å². The van der Waals surface area contributed by atoms with Gasteiger partial charge in [0.2, 0.25) is 0 Å². The summed E-state index contributed by atoms with van der Waals surface area (Å²) in [5.41, 5.74) is 1.07. The van der Waals surface area contributed by atoms with Crippen LogP contribution in [0.3, 0.4) is 0 Å². The molecule has 148 valence electrons. The molecule has 2 rings (SSSR count). The van der Waals surface area contributed by atoms with Crippen LogP contribution in [0.5, 0.6) is 17.2 Å². The first-order chi connectivity index (χ1) is 12.7. The van der Waals surface area contributed by atoms with Gasteiger partial charge in [0.1, 0.15) is 12.4 Å². The van der Waals surface area contributed by atoms with E-state index in [9.17, 15) is 0 Å². The lowest BCUT2D eigenvalue weighted by Gasteiger charge is -2.14. The number of rotatable bonds is 8. The van der Waals surface area contributed by atoms with Crippen LogP contribution in [0, 0.1) is 0 Å². The Balaban J connectivity index is 0.00000364. The number of ether oxygens (including phenoxy) is 3. The molecule has 0 unspecified atom stereocenters. The zero-order chi connectivity index (χ0) is 18.8. The van der Waals surface area contributed by atoms with Crippen LogP contribution in [0.25, 0.3) is 0 Å². The van der Waals surface area contributed by atoms with Gasteiger partial charge in [0.05, 0.1) is 20.8 Å². The van der Waals surface area contributed by atoms with E-state index in [0.717, 1.165) is 15.8 Å². The van der Waals surface area contributed by atoms with Crippen molar-refractivity contribution in [1.82, 2.24) is 10.6 Å². The van der Waals surface area contributed by atoms with Crippen LogP contribution in [0.1, 0.15) is 5.56 Å². The standard InChI is InChI=1S/C19H24BrN3O3.HI/c1-21-19(22-10-11-26-16-7-5-15(20)6-8-16)23-13-14-4-9-17(24-2)18(12-14)25-3;/h4-9,12H,10-11,13H2,1-3H3,(H2,21,22,23);1H. The number of hydrogen-bond acceptors (Lipinski definition) is 4. The van der Waals surface area contributed by atoms with Gasteiger partial charge in [-0.3, -0.25) is 4.99 Å². The minimum atomic E-state index is 0. The third-order valence-electron chi connectivity index (χ3n) is 3.61. The van der Waals surface area contributed by atoms with E-state index in [1.54, 1.807) is 21.3 Å². The molecule has 2 N–H and O–H groups in total. The van der Waals surface area contributed by atoms with Crippen LogP contribution in [0.15, 0.2) is 51.9 Å². The van der Waals surface area contributed by atoms with Gasteiger partial charge in [-0.1, -0.05) is 22.0 Å². The fourth-order valence-electron chi connectivity index (χ4n) is 2.27. The van der Waals surface area contributed by atoms with Gasteiger partial charge in [-0.25, -0.2) is 0 Å². The molecule has 0 bridgehead atoms. The summed E-state index contributed by atoms with van der Waals surface area (Å²) in [4.78, 5) is 4.21. The third kappa shape index (κ3) is 7.84. The number of nitrogens with one attached hydrogen (secondary N) is 2. The van der Waals surface area contributed by atoms with Crippen LogP contribution in [0.4, 0.5) is 0 Å². The van der Waals surface area contributed by atoms with Crippen molar-refractivity contribution in [3.8, 4) is 17.2 Å². The molecule has 27 heavy (non-hydrogen) atoms. The lowest BCUT2D eigenvalue weighted by atomic mass is 10.2. The van der Waals surface area contributed by atoms with Gasteiger partial charge >= 0.3 is 0 Å². The fourth-order valence-corrected chi connectivity index (χ4v) is 2.53. The zero-order valence-corrected chi connectivity index (χ0v) is 19.5. The van der Waals surface area contributed by atoms with E-state index < -0.39 is 0 Å². The molecule has 0 aliphatic heterocycles. The van der Waals surface area contributed by atoms with E-state index in [0.29, 0.717) is 37.2 Å². The topological polar surface area (TPSA) is 64.1 Å². The van der Waals surface area contributed by atoms with Crippen molar-refractivity contribution in [2.24, 2.45) is 4.99 Å². The summed E-state index contributed by atoms with van der Waals surface area (Å²) >= 11 is 3.40. The monoisotopic (exact) mass is 549 g/mol. The summed E-state index contributed by atoms with van der Waals surface area (Å²) in [7, 11) is 4.98. The fraction of sp³-hybridized carbons (Fsp3) is 0.316. The summed E-state index contributed by atoms with van der Waals surface area (Å²) in [6.45, 7) is 1.80. The molecule has 0 saturated heterocycles. The number of halogens is 2. The van der Waals surface area contributed by atoms with Crippen molar-refractivity contribution >= 4 is 45.9 Å². The number of guanidine groups is 1. The predicted octanol–water partition coefficient (Wildman–Crippen LogP) is 3.83. The minimum Gasteiger partial charge on any atom is -0.493 e. The molecule has 0 aliphatic carbocycles. The van der Waals surface area contributed by atoms with E-state index in [2.05, 4.69) is 31.6 Å². The van der Waals surface area contributed by atoms with E-state index in [4.69, 9.17) is 14.2 Å². The SMILES string of the molecule is CN=C(NCCOc1ccc(Br)cc1)NCc1ccc(OC)c(OC)c1.I. The molecule has 0 aliphatic rings. The highest BCUT2D eigenvalue weighted by Crippen LogP contribution is 2.27. The number of hydrogen-bond donors (Lipinski definition) is 2. The molecule has 0 amide bonds. The summed E-state index contributed by atoms with van der Waals surface area (Å²) in [5.74, 6) is 2.96. The molecule has 0 saturated carbocycles. The highest BCUT2D eigenvalue weighted by atomic mass is 127. The Morgan fingerprint density at radius 1 is 1.00 bits per heavy atom. The smallest absolute Gasteiger partial charge is 0.191 e. The Hall–Kier alpha value is -1.68. The van der Waals surface area contributed by atoms with Crippen molar-refractivity contribution < 1.29 is 14.2 Å². The molecule has 0 atom stereocenters. The van der Waals surface area contributed by atoms with Gasteiger partial charge in [-0.2, -0.15) is 0 Å². The molecule has 0 heterocycles. The average Bonchev–Trinajstić information content (AvgIpc) is 2.68. The Kier molecular flexibility index (Phi) is 11.0. The Morgan fingerprint density at radius 2 is 1.70 bits per heavy atom. The molecule has 8 heteroatoms. The Morgan fingerprint density at radius 3 is 2.33 bits per heavy atom. The van der Waals surface area contributed by atoms with E-state index >= 15 is 0 Å². The molecular formula is C19H25BrIN3O3. The first-order valence-corrected chi connectivity index (χ1v) is 8.99. The molecule has 2 aromatic carbocycles. The minimum absolute atomic E-state index is 0. The summed E-state index contributed by atoms with van der Waals surface area (Å²) in [6.07, 6.45) is 0. The summed E-state index contributed by atoms with van der Waals surface area (Å²) in [6, 6.07) is 13.6. The first kappa shape index (κ1) is 23.4. The normalized spacial score (nSPS) is 10.6. The maximum absolute atomic E-state index is 5.68. The van der Waals surface area contributed by atoms with Gasteiger partial charge in [-0.15, -0.1) is 24.0 Å². The molecule has 0 aromatic heterocycles. The third-order valence-corrected chi connectivity index (χ3v) is 4.14. The molecule has 6 nitrogen and oxygen atoms in total. The van der Waals surface area contributed by atoms with E-state index in [-0.39, 0.29) is 24.0 Å². The maximum atomic E-state index is 5.68. The quantitative estimate of drug-likeness (QED) is 0.227. The Labute approximate surface area is 185 Å². The van der Waals surface area contributed by atoms with Crippen LogP contribution in [-0.4, -0.2) is 40.4 Å². The molecular weight excluding hydrogens is 525 g/mol. The summed E-state index contributed by atoms with van der Waals surface area (Å²) < 4.78 is 17.3. The number of aliphatic imine (C=N–C) groups is 1. The lowest BCUT2D eigenvalue weighted by Crippen LogP contribution is -2.38. The van der Waals surface area contributed by atoms with Crippen LogP contribution in [0.2, 0.25) is 0 Å². The predicted molar refractivity (Wildman–Crippen MR) is 123 cm³/mol. The zero-order valence-electron chi connectivity index (χ0n) is 15.6. The second-order valence-corrected chi connectivity index (χ2v) is 6.26. The van der Waals surface area contributed by atoms with Crippen LogP contribution >= 0.6 is 39.9 Å². The molecule has 0 radical (unpaired) electrons. The number of benzene rings is 2. The number of methoxy groups -OCH3 is 2. The van der Waals surface area contributed by atoms with Crippen LogP contribution < -0.4 is 24.8 Å². The van der Waals surface area contributed by atoms with Crippen molar-refractivity contribution in [2.45, 2.75) is 6.54 Å². The van der Waals surface area contributed by atoms with Gasteiger partial charge in [-0.05, 0) is 42.0 Å². The first-order valence-electron chi connectivity index (χ1n) is 8.20. The lowest BCUT2D eigenvalue weighted by molar-refractivity contribution is 0.322. The number of nitrogens with zero attached hydrogens (tertiary/aromatic N) is 1. The Bertz CT molecular complexity index is 727. The van der Waals surface area contributed by atoms with Gasteiger partial charge in [0.25, 0.3) is 0 Å². The van der Waals surface area contributed by atoms with E-state index in [1.165, 1.54) is 0 Å². The van der Waals surface area contributed by atoms with E-state index in [1.807, 2.05) is 42.5 Å². The van der Waals surface area contributed by atoms with Gasteiger partial charge in [0.15, 0.2) is 17.5 Å². The highest BCUT2D eigenvalue weighted by molar-refractivity contribution is 14.0. The largest absolute Gasteiger partial charge is 0.493 e. The second-order valence-electron chi connectivity index (χ2n) is 5.34. The van der Waals surface area contributed by atoms with Gasteiger partial charge < -0.3 is 24.8 Å². The van der Waals surface area contributed by atoms with Gasteiger partial charge in [0, 0.05) is 18.1 Å². The highest BCUT2D eigenvalue weighted by Gasteiger charge is 2.05. The van der Waals surface area contributed by atoms with Crippen LogP contribution in [-0.2, 0) is 6.54 Å². The van der Waals surface area contributed by atoms with Crippen molar-refractivity contribution in [1.29, 1.82) is 0 Å². The average molecular weight is 550 g/mol. The summed E-state index contributed by atoms with van der Waals surface area (Å²) in [5, 5.41) is 6.48. The maximum Gasteiger partial charge on any atom is 0.191 e. The van der Waals surface area contributed by atoms with Crippen molar-refractivity contribution in [2.75, 3.05) is 34.4 Å². The molecule has 0 fully saturated rings. The molecule has 2 aromatic rings.